The van der Waals surface area contributed by atoms with Crippen LogP contribution in [0.25, 0.3) is 0 Å². The van der Waals surface area contributed by atoms with Crippen molar-refractivity contribution >= 4 is 17.5 Å². The molecule has 2 aromatic rings. The molecule has 0 spiro atoms. The van der Waals surface area contributed by atoms with Crippen LogP contribution in [-0.2, 0) is 0 Å². The molecule has 150 valence electrons. The maximum absolute atomic E-state index is 12.5. The standard InChI is InChI=1S/C20H21ClF2N2O3/c21-16-5-1-15(2-6-16)19(27)25-11-9-24(10-12-25)13-18(26)14-3-7-17(8-4-14)28-20(22)23/h1-8,18,20,26H,9-13H2. The van der Waals surface area contributed by atoms with Crippen molar-refractivity contribution < 1.29 is 23.4 Å². The van der Waals surface area contributed by atoms with E-state index in [4.69, 9.17) is 11.6 Å². The molecular weight excluding hydrogens is 390 g/mol. The van der Waals surface area contributed by atoms with E-state index in [-0.39, 0.29) is 11.7 Å². The Morgan fingerprint density at radius 1 is 1.04 bits per heavy atom. The predicted octanol–water partition coefficient (Wildman–Crippen LogP) is 3.43. The van der Waals surface area contributed by atoms with Crippen molar-refractivity contribution in [1.29, 1.82) is 0 Å². The molecule has 1 aliphatic rings. The van der Waals surface area contributed by atoms with Crippen LogP contribution in [0.1, 0.15) is 22.0 Å². The lowest BCUT2D eigenvalue weighted by molar-refractivity contribution is -0.0498. The van der Waals surface area contributed by atoms with Gasteiger partial charge < -0.3 is 14.7 Å². The molecule has 0 saturated carbocycles. The van der Waals surface area contributed by atoms with Crippen LogP contribution in [-0.4, -0.2) is 60.1 Å². The largest absolute Gasteiger partial charge is 0.435 e. The highest BCUT2D eigenvalue weighted by molar-refractivity contribution is 6.30. The second-order valence-electron chi connectivity index (χ2n) is 6.56. The van der Waals surface area contributed by atoms with Gasteiger partial charge in [0.15, 0.2) is 0 Å². The number of aliphatic hydroxyl groups excluding tert-OH is 1. The smallest absolute Gasteiger partial charge is 0.387 e. The number of carbonyl (C=O) groups excluding carboxylic acids is 1. The maximum atomic E-state index is 12.5. The normalized spacial score (nSPS) is 16.2. The molecule has 5 nitrogen and oxygen atoms in total. The third-order valence-electron chi connectivity index (χ3n) is 4.67. The van der Waals surface area contributed by atoms with Crippen molar-refractivity contribution in [2.45, 2.75) is 12.7 Å². The van der Waals surface area contributed by atoms with E-state index >= 15 is 0 Å². The quantitative estimate of drug-likeness (QED) is 0.792. The van der Waals surface area contributed by atoms with E-state index < -0.39 is 12.7 Å². The second-order valence-corrected chi connectivity index (χ2v) is 7.00. The number of β-amino-alcohol motifs (C(OH)–C–C–N with tert-alkyl or cyclic N) is 1. The Morgan fingerprint density at radius 2 is 1.64 bits per heavy atom. The van der Waals surface area contributed by atoms with Crippen molar-refractivity contribution in [2.75, 3.05) is 32.7 Å². The Kier molecular flexibility index (Phi) is 6.83. The summed E-state index contributed by atoms with van der Waals surface area (Å²) in [4.78, 5) is 16.4. The Morgan fingerprint density at radius 3 is 2.21 bits per heavy atom. The van der Waals surface area contributed by atoms with Crippen LogP contribution < -0.4 is 4.74 Å². The van der Waals surface area contributed by atoms with E-state index in [1.54, 1.807) is 41.3 Å². The van der Waals surface area contributed by atoms with Crippen molar-refractivity contribution in [1.82, 2.24) is 9.80 Å². The molecule has 0 radical (unpaired) electrons. The summed E-state index contributed by atoms with van der Waals surface area (Å²) in [5.74, 6) is 0.0201. The molecule has 1 amide bonds. The van der Waals surface area contributed by atoms with Crippen molar-refractivity contribution in [3.05, 3.63) is 64.7 Å². The van der Waals surface area contributed by atoms with Crippen LogP contribution in [0.4, 0.5) is 8.78 Å². The van der Waals surface area contributed by atoms with Crippen molar-refractivity contribution in [3.8, 4) is 5.75 Å². The first-order valence-corrected chi connectivity index (χ1v) is 9.30. The van der Waals surface area contributed by atoms with Gasteiger partial charge in [0, 0.05) is 43.3 Å². The van der Waals surface area contributed by atoms with Crippen LogP contribution >= 0.6 is 11.6 Å². The average molecular weight is 411 g/mol. The highest BCUT2D eigenvalue weighted by Gasteiger charge is 2.23. The summed E-state index contributed by atoms with van der Waals surface area (Å²) >= 11 is 5.86. The number of amides is 1. The van der Waals surface area contributed by atoms with Gasteiger partial charge in [0.1, 0.15) is 5.75 Å². The molecule has 1 heterocycles. The van der Waals surface area contributed by atoms with Crippen LogP contribution in [0.5, 0.6) is 5.75 Å². The second kappa shape index (κ2) is 9.32. The zero-order valence-electron chi connectivity index (χ0n) is 15.1. The summed E-state index contributed by atoms with van der Waals surface area (Å²) in [6.07, 6.45) is -0.751. The highest BCUT2D eigenvalue weighted by atomic mass is 35.5. The molecule has 1 atom stereocenters. The van der Waals surface area contributed by atoms with E-state index in [2.05, 4.69) is 9.64 Å². The number of hydrogen-bond acceptors (Lipinski definition) is 4. The molecule has 1 aliphatic heterocycles. The topological polar surface area (TPSA) is 53.0 Å². The minimum atomic E-state index is -2.87. The fourth-order valence-corrected chi connectivity index (χ4v) is 3.26. The first-order valence-electron chi connectivity index (χ1n) is 8.92. The fraction of sp³-hybridized carbons (Fsp3) is 0.350. The molecule has 1 unspecified atom stereocenters. The van der Waals surface area contributed by atoms with E-state index in [9.17, 15) is 18.7 Å². The van der Waals surface area contributed by atoms with Gasteiger partial charge in [-0.3, -0.25) is 9.69 Å². The summed E-state index contributed by atoms with van der Waals surface area (Å²) in [6, 6.07) is 12.8. The monoisotopic (exact) mass is 410 g/mol. The number of hydrogen-bond donors (Lipinski definition) is 1. The number of carbonyl (C=O) groups is 1. The van der Waals surface area contributed by atoms with E-state index in [0.29, 0.717) is 48.9 Å². The van der Waals surface area contributed by atoms with Crippen LogP contribution in [0, 0.1) is 0 Å². The SMILES string of the molecule is O=C(c1ccc(Cl)cc1)N1CCN(CC(O)c2ccc(OC(F)F)cc2)CC1. The molecule has 1 saturated heterocycles. The van der Waals surface area contributed by atoms with Crippen LogP contribution in [0.3, 0.4) is 0 Å². The van der Waals surface area contributed by atoms with Crippen molar-refractivity contribution in [2.24, 2.45) is 0 Å². The molecule has 8 heteroatoms. The van der Waals surface area contributed by atoms with Crippen molar-refractivity contribution in [3.63, 3.8) is 0 Å². The minimum Gasteiger partial charge on any atom is -0.435 e. The molecule has 0 aromatic heterocycles. The fourth-order valence-electron chi connectivity index (χ4n) is 3.13. The predicted molar refractivity (Wildman–Crippen MR) is 102 cm³/mol. The summed E-state index contributed by atoms with van der Waals surface area (Å²) in [5, 5.41) is 11.0. The van der Waals surface area contributed by atoms with E-state index in [1.807, 2.05) is 0 Å². The molecule has 3 rings (SSSR count). The van der Waals surface area contributed by atoms with Gasteiger partial charge in [-0.1, -0.05) is 23.7 Å². The highest BCUT2D eigenvalue weighted by Crippen LogP contribution is 2.21. The Labute approximate surface area is 167 Å². The lowest BCUT2D eigenvalue weighted by Crippen LogP contribution is -2.49. The van der Waals surface area contributed by atoms with E-state index in [0.717, 1.165) is 0 Å². The third-order valence-corrected chi connectivity index (χ3v) is 4.92. The Balaban J connectivity index is 1.49. The van der Waals surface area contributed by atoms with Crippen LogP contribution in [0.15, 0.2) is 48.5 Å². The molecular formula is C20H21ClF2N2O3. The molecule has 2 aromatic carbocycles. The molecule has 1 N–H and O–H groups in total. The first kappa shape index (κ1) is 20.5. The number of ether oxygens (including phenoxy) is 1. The maximum Gasteiger partial charge on any atom is 0.387 e. The molecule has 0 aliphatic carbocycles. The zero-order valence-corrected chi connectivity index (χ0v) is 15.9. The van der Waals surface area contributed by atoms with E-state index in [1.165, 1.54) is 12.1 Å². The van der Waals surface area contributed by atoms with Gasteiger partial charge in [0.25, 0.3) is 5.91 Å². The van der Waals surface area contributed by atoms with Crippen LogP contribution in [0.2, 0.25) is 5.02 Å². The number of nitrogens with zero attached hydrogens (tertiary/aromatic N) is 2. The number of aliphatic hydroxyl groups is 1. The molecule has 1 fully saturated rings. The van der Waals surface area contributed by atoms with Gasteiger partial charge in [-0.2, -0.15) is 8.78 Å². The minimum absolute atomic E-state index is 0.0357. The molecule has 28 heavy (non-hydrogen) atoms. The molecule has 0 bridgehead atoms. The van der Waals surface area contributed by atoms with Gasteiger partial charge in [-0.15, -0.1) is 0 Å². The summed E-state index contributed by atoms with van der Waals surface area (Å²) in [7, 11) is 0. The lowest BCUT2D eigenvalue weighted by Gasteiger charge is -2.35. The van der Waals surface area contributed by atoms with Gasteiger partial charge in [-0.25, -0.2) is 0 Å². The Hall–Kier alpha value is -2.22. The summed E-state index contributed by atoms with van der Waals surface area (Å²) in [5.41, 5.74) is 1.23. The van der Waals surface area contributed by atoms with Gasteiger partial charge in [0.2, 0.25) is 0 Å². The lowest BCUT2D eigenvalue weighted by atomic mass is 10.1. The zero-order chi connectivity index (χ0) is 20.1. The number of benzene rings is 2. The first-order chi connectivity index (χ1) is 13.4. The summed E-state index contributed by atoms with van der Waals surface area (Å²) in [6.45, 7) is -0.0584. The third kappa shape index (κ3) is 5.41. The number of halogens is 3. The average Bonchev–Trinajstić information content (AvgIpc) is 2.69. The van der Waals surface area contributed by atoms with Gasteiger partial charge in [0.05, 0.1) is 6.10 Å². The van der Waals surface area contributed by atoms with Gasteiger partial charge >= 0.3 is 6.61 Å². The Bertz CT molecular complexity index is 779. The van der Waals surface area contributed by atoms with Gasteiger partial charge in [-0.05, 0) is 42.0 Å². The summed E-state index contributed by atoms with van der Waals surface area (Å²) < 4.78 is 28.7. The number of rotatable bonds is 6. The number of alkyl halides is 2. The number of piperazine rings is 1.